The number of ether oxygens (including phenoxy) is 1. The molecule has 172 valence electrons. The minimum atomic E-state index is -4.45. The molecule has 2 N–H and O–H groups in total. The van der Waals surface area contributed by atoms with Gasteiger partial charge in [-0.15, -0.1) is 0 Å². The number of halogens is 3. The van der Waals surface area contributed by atoms with Gasteiger partial charge in [0.05, 0.1) is 25.3 Å². The Hall–Kier alpha value is -2.91. The van der Waals surface area contributed by atoms with Gasteiger partial charge in [-0.2, -0.15) is 13.2 Å². The molecule has 0 saturated carbocycles. The molecule has 1 amide bonds. The summed E-state index contributed by atoms with van der Waals surface area (Å²) in [6.45, 7) is 8.10. The number of rotatable bonds is 5. The maximum absolute atomic E-state index is 12.8. The summed E-state index contributed by atoms with van der Waals surface area (Å²) < 4.78 is 43.7. The molecule has 1 fully saturated rings. The van der Waals surface area contributed by atoms with Crippen molar-refractivity contribution < 1.29 is 22.7 Å². The third kappa shape index (κ3) is 6.80. The molecule has 0 aromatic heterocycles. The lowest BCUT2D eigenvalue weighted by molar-refractivity contribution is -0.137. The molecule has 1 heterocycles. The average Bonchev–Trinajstić information content (AvgIpc) is 2.76. The first kappa shape index (κ1) is 23.7. The van der Waals surface area contributed by atoms with Crippen molar-refractivity contribution >= 4 is 17.6 Å². The van der Waals surface area contributed by atoms with E-state index < -0.39 is 17.6 Å². The number of anilines is 1. The average molecular weight is 448 g/mol. The summed E-state index contributed by atoms with van der Waals surface area (Å²) in [4.78, 5) is 19.4. The first-order valence-corrected chi connectivity index (χ1v) is 10.4. The van der Waals surface area contributed by atoms with Crippen LogP contribution < -0.4 is 10.6 Å². The Morgan fingerprint density at radius 3 is 2.41 bits per heavy atom. The number of amides is 1. The predicted octanol–water partition coefficient (Wildman–Crippen LogP) is 3.85. The summed E-state index contributed by atoms with van der Waals surface area (Å²) in [6, 6.07) is 9.93. The number of hydrogen-bond acceptors (Lipinski definition) is 4. The van der Waals surface area contributed by atoms with Crippen LogP contribution in [0.25, 0.3) is 0 Å². The third-order valence-electron chi connectivity index (χ3n) is 5.13. The SMILES string of the molecule is Cc1ccc(NC(=NCCN2CCOCC2)NC(=O)c2ccc(C(F)(F)F)cc2)c(C)c1. The van der Waals surface area contributed by atoms with Crippen molar-refractivity contribution in [2.75, 3.05) is 44.7 Å². The lowest BCUT2D eigenvalue weighted by Gasteiger charge is -2.25. The molecule has 2 aromatic carbocycles. The topological polar surface area (TPSA) is 66.0 Å². The van der Waals surface area contributed by atoms with Crippen molar-refractivity contribution in [1.29, 1.82) is 0 Å². The summed E-state index contributed by atoms with van der Waals surface area (Å²) in [6.07, 6.45) is -4.45. The Kier molecular flexibility index (Phi) is 7.87. The molecular formula is C23H27F3N4O2. The van der Waals surface area contributed by atoms with Crippen molar-refractivity contribution in [2.45, 2.75) is 20.0 Å². The Balaban J connectivity index is 1.72. The number of carbonyl (C=O) groups is 1. The van der Waals surface area contributed by atoms with Crippen LogP contribution >= 0.6 is 0 Å². The zero-order valence-electron chi connectivity index (χ0n) is 18.1. The summed E-state index contributed by atoms with van der Waals surface area (Å²) >= 11 is 0. The van der Waals surface area contributed by atoms with Crippen molar-refractivity contribution in [3.8, 4) is 0 Å². The molecule has 0 radical (unpaired) electrons. The Morgan fingerprint density at radius 1 is 1.09 bits per heavy atom. The monoisotopic (exact) mass is 448 g/mol. The van der Waals surface area contributed by atoms with Gasteiger partial charge in [-0.25, -0.2) is 0 Å². The lowest BCUT2D eigenvalue weighted by Crippen LogP contribution is -2.39. The minimum Gasteiger partial charge on any atom is -0.379 e. The molecule has 1 aliphatic heterocycles. The molecule has 3 rings (SSSR count). The zero-order chi connectivity index (χ0) is 23.1. The first-order chi connectivity index (χ1) is 15.2. The maximum Gasteiger partial charge on any atom is 0.416 e. The van der Waals surface area contributed by atoms with Crippen LogP contribution in [0, 0.1) is 13.8 Å². The van der Waals surface area contributed by atoms with Gasteiger partial charge in [0, 0.05) is 30.9 Å². The Morgan fingerprint density at radius 2 is 1.78 bits per heavy atom. The number of hydrogen-bond donors (Lipinski definition) is 2. The quantitative estimate of drug-likeness (QED) is 0.539. The van der Waals surface area contributed by atoms with Crippen LogP contribution in [0.1, 0.15) is 27.0 Å². The van der Waals surface area contributed by atoms with Crippen molar-refractivity contribution in [1.82, 2.24) is 10.2 Å². The lowest BCUT2D eigenvalue weighted by atomic mass is 10.1. The zero-order valence-corrected chi connectivity index (χ0v) is 18.1. The number of guanidine groups is 1. The number of aliphatic imine (C=N–C) groups is 1. The second kappa shape index (κ2) is 10.6. The van der Waals surface area contributed by atoms with E-state index in [0.717, 1.165) is 54.2 Å². The fraction of sp³-hybridized carbons (Fsp3) is 0.391. The fourth-order valence-electron chi connectivity index (χ4n) is 3.31. The van der Waals surface area contributed by atoms with Gasteiger partial charge in [0.15, 0.2) is 0 Å². The van der Waals surface area contributed by atoms with E-state index in [1.807, 2.05) is 32.0 Å². The largest absolute Gasteiger partial charge is 0.416 e. The summed E-state index contributed by atoms with van der Waals surface area (Å²) in [5.41, 5.74) is 2.18. The minimum absolute atomic E-state index is 0.112. The number of carbonyl (C=O) groups excluding carboxylic acids is 1. The van der Waals surface area contributed by atoms with Crippen LogP contribution in [0.2, 0.25) is 0 Å². The molecule has 9 heteroatoms. The highest BCUT2D eigenvalue weighted by molar-refractivity contribution is 6.10. The van der Waals surface area contributed by atoms with E-state index in [2.05, 4.69) is 20.5 Å². The highest BCUT2D eigenvalue weighted by Gasteiger charge is 2.30. The van der Waals surface area contributed by atoms with Gasteiger partial charge >= 0.3 is 6.18 Å². The number of morpholine rings is 1. The summed E-state index contributed by atoms with van der Waals surface area (Å²) in [7, 11) is 0. The van der Waals surface area contributed by atoms with Gasteiger partial charge in [0.2, 0.25) is 5.96 Å². The number of aryl methyl sites for hydroxylation is 2. The van der Waals surface area contributed by atoms with Crippen molar-refractivity contribution in [3.63, 3.8) is 0 Å². The molecule has 0 spiro atoms. The van der Waals surface area contributed by atoms with E-state index in [0.29, 0.717) is 26.3 Å². The van der Waals surface area contributed by atoms with Crippen LogP contribution in [0.5, 0.6) is 0 Å². The number of benzene rings is 2. The second-order valence-electron chi connectivity index (χ2n) is 7.66. The van der Waals surface area contributed by atoms with Crippen molar-refractivity contribution in [2.24, 2.45) is 4.99 Å². The van der Waals surface area contributed by atoms with Gasteiger partial charge < -0.3 is 10.1 Å². The van der Waals surface area contributed by atoms with E-state index in [1.54, 1.807) is 0 Å². The first-order valence-electron chi connectivity index (χ1n) is 10.4. The molecule has 1 saturated heterocycles. The fourth-order valence-corrected chi connectivity index (χ4v) is 3.31. The van der Waals surface area contributed by atoms with E-state index in [-0.39, 0.29) is 11.5 Å². The smallest absolute Gasteiger partial charge is 0.379 e. The predicted molar refractivity (Wildman–Crippen MR) is 118 cm³/mol. The molecule has 32 heavy (non-hydrogen) atoms. The molecule has 0 aliphatic carbocycles. The van der Waals surface area contributed by atoms with Crippen LogP contribution in [-0.2, 0) is 10.9 Å². The van der Waals surface area contributed by atoms with Gasteiger partial charge in [-0.05, 0) is 49.7 Å². The highest BCUT2D eigenvalue weighted by Crippen LogP contribution is 2.29. The van der Waals surface area contributed by atoms with Crippen LogP contribution in [-0.4, -0.2) is 56.2 Å². The molecule has 0 atom stereocenters. The number of alkyl halides is 3. The molecule has 1 aliphatic rings. The molecule has 0 unspecified atom stereocenters. The van der Waals surface area contributed by atoms with Gasteiger partial charge in [0.25, 0.3) is 5.91 Å². The Bertz CT molecular complexity index is 953. The molecule has 6 nitrogen and oxygen atoms in total. The van der Waals surface area contributed by atoms with E-state index in [1.165, 1.54) is 0 Å². The normalized spacial score (nSPS) is 15.5. The number of nitrogens with one attached hydrogen (secondary N) is 2. The summed E-state index contributed by atoms with van der Waals surface area (Å²) in [5.74, 6) is -0.295. The van der Waals surface area contributed by atoms with E-state index >= 15 is 0 Å². The van der Waals surface area contributed by atoms with E-state index in [4.69, 9.17) is 4.74 Å². The van der Waals surface area contributed by atoms with Crippen molar-refractivity contribution in [3.05, 3.63) is 64.7 Å². The maximum atomic E-state index is 12.8. The number of nitrogens with zero attached hydrogens (tertiary/aromatic N) is 2. The van der Waals surface area contributed by atoms with E-state index in [9.17, 15) is 18.0 Å². The standard InChI is InChI=1S/C23H27F3N4O2/c1-16-3-8-20(17(2)15-16)28-22(27-9-10-30-11-13-32-14-12-30)29-21(31)18-4-6-19(7-5-18)23(24,25)26/h3-8,15H,9-14H2,1-2H3,(H2,27,28,29,31). The van der Waals surface area contributed by atoms with Gasteiger partial charge in [0.1, 0.15) is 0 Å². The van der Waals surface area contributed by atoms with Gasteiger partial charge in [-0.1, -0.05) is 17.7 Å². The van der Waals surface area contributed by atoms with Crippen LogP contribution in [0.4, 0.5) is 18.9 Å². The molecule has 2 aromatic rings. The van der Waals surface area contributed by atoms with Gasteiger partial charge in [-0.3, -0.25) is 20.0 Å². The third-order valence-corrected chi connectivity index (χ3v) is 5.13. The van der Waals surface area contributed by atoms with Crippen LogP contribution in [0.15, 0.2) is 47.5 Å². The molecule has 0 bridgehead atoms. The molecular weight excluding hydrogens is 421 g/mol. The Labute approximate surface area is 185 Å². The van der Waals surface area contributed by atoms with Crippen LogP contribution in [0.3, 0.4) is 0 Å². The summed E-state index contributed by atoms with van der Waals surface area (Å²) in [5, 5.41) is 5.84. The second-order valence-corrected chi connectivity index (χ2v) is 7.66. The highest BCUT2D eigenvalue weighted by atomic mass is 19.4.